The highest BCUT2D eigenvalue weighted by Gasteiger charge is 2.19. The quantitative estimate of drug-likeness (QED) is 0.568. The molecule has 1 nitrogen and oxygen atoms in total. The normalized spacial score (nSPS) is 29.2. The molecule has 2 atom stereocenters. The highest BCUT2D eigenvalue weighted by Crippen LogP contribution is 2.28. The molecule has 13 heavy (non-hydrogen) atoms. The molecule has 1 fully saturated rings. The molecule has 1 aliphatic carbocycles. The molecule has 0 heterocycles. The second-order valence-corrected chi connectivity index (χ2v) is 4.70. The molecule has 0 aliphatic heterocycles. The molecule has 74 valence electrons. The predicted octanol–water partition coefficient (Wildman–Crippen LogP) is 2.59. The molecule has 1 saturated carbocycles. The van der Waals surface area contributed by atoms with Gasteiger partial charge in [0.2, 0.25) is 0 Å². The zero-order valence-corrected chi connectivity index (χ0v) is 8.93. The lowest BCUT2D eigenvalue weighted by Crippen LogP contribution is -2.18. The molecule has 1 heteroatoms. The summed E-state index contributed by atoms with van der Waals surface area (Å²) in [5, 5.41) is 9.46. The molecule has 1 aliphatic rings. The fraction of sp³-hybridized carbons (Fsp3) is 0.833. The van der Waals surface area contributed by atoms with Crippen molar-refractivity contribution in [3.05, 3.63) is 0 Å². The minimum absolute atomic E-state index is 0.514. The van der Waals surface area contributed by atoms with E-state index in [9.17, 15) is 5.11 Å². The molecule has 0 aromatic carbocycles. The van der Waals surface area contributed by atoms with Crippen molar-refractivity contribution in [3.8, 4) is 11.8 Å². The van der Waals surface area contributed by atoms with E-state index < -0.39 is 5.60 Å². The molecule has 1 rings (SSSR count). The van der Waals surface area contributed by atoms with Crippen LogP contribution < -0.4 is 0 Å². The van der Waals surface area contributed by atoms with Crippen molar-refractivity contribution in [2.75, 3.05) is 0 Å². The van der Waals surface area contributed by atoms with Gasteiger partial charge in [0.15, 0.2) is 0 Å². The van der Waals surface area contributed by atoms with Crippen molar-refractivity contribution in [1.82, 2.24) is 0 Å². The number of rotatable bonds is 0. The lowest BCUT2D eigenvalue weighted by atomic mass is 9.80. The summed E-state index contributed by atoms with van der Waals surface area (Å²) in [6.07, 6.45) is 5.16. The third-order valence-electron chi connectivity index (χ3n) is 2.67. The van der Waals surface area contributed by atoms with Crippen molar-refractivity contribution in [3.63, 3.8) is 0 Å². The largest absolute Gasteiger partial charge is 0.378 e. The van der Waals surface area contributed by atoms with E-state index in [1.54, 1.807) is 13.8 Å². The molecule has 1 N–H and O–H groups in total. The zero-order valence-electron chi connectivity index (χ0n) is 8.93. The SMILES string of the molecule is CC1CCCCC1C#CC(C)(C)O. The van der Waals surface area contributed by atoms with Gasteiger partial charge >= 0.3 is 0 Å². The van der Waals surface area contributed by atoms with Crippen LogP contribution in [0, 0.1) is 23.7 Å². The number of hydrogen-bond donors (Lipinski definition) is 1. The van der Waals surface area contributed by atoms with E-state index in [-0.39, 0.29) is 0 Å². The van der Waals surface area contributed by atoms with Crippen LogP contribution in [0.3, 0.4) is 0 Å². The minimum atomic E-state index is -0.822. The summed E-state index contributed by atoms with van der Waals surface area (Å²) in [6.45, 7) is 5.75. The maximum atomic E-state index is 9.46. The Hall–Kier alpha value is -0.480. The van der Waals surface area contributed by atoms with E-state index in [1.165, 1.54) is 25.7 Å². The second-order valence-electron chi connectivity index (χ2n) is 4.70. The van der Waals surface area contributed by atoms with Gasteiger partial charge in [0.25, 0.3) is 0 Å². The Morgan fingerprint density at radius 2 is 1.85 bits per heavy atom. The second kappa shape index (κ2) is 4.15. The molecular weight excluding hydrogens is 160 g/mol. The van der Waals surface area contributed by atoms with Gasteiger partial charge in [-0.25, -0.2) is 0 Å². The van der Waals surface area contributed by atoms with Crippen LogP contribution >= 0.6 is 0 Å². The molecule has 2 unspecified atom stereocenters. The summed E-state index contributed by atoms with van der Waals surface area (Å²) in [5.41, 5.74) is -0.822. The molecule has 0 saturated heterocycles. The van der Waals surface area contributed by atoms with Crippen LogP contribution in [0.1, 0.15) is 46.5 Å². The van der Waals surface area contributed by atoms with Crippen molar-refractivity contribution in [2.45, 2.75) is 52.1 Å². The van der Waals surface area contributed by atoms with Gasteiger partial charge in [-0.15, -0.1) is 0 Å². The monoisotopic (exact) mass is 180 g/mol. The van der Waals surface area contributed by atoms with Crippen LogP contribution in [0.4, 0.5) is 0 Å². The summed E-state index contributed by atoms with van der Waals surface area (Å²) in [5.74, 6) is 7.36. The average Bonchev–Trinajstić information content (AvgIpc) is 2.01. The van der Waals surface area contributed by atoms with Gasteiger partial charge in [-0.2, -0.15) is 0 Å². The van der Waals surface area contributed by atoms with Crippen molar-refractivity contribution in [2.24, 2.45) is 11.8 Å². The first-order chi connectivity index (χ1) is 5.99. The smallest absolute Gasteiger partial charge is 0.119 e. The summed E-state index contributed by atoms with van der Waals surface area (Å²) in [7, 11) is 0. The topological polar surface area (TPSA) is 20.2 Å². The summed E-state index contributed by atoms with van der Waals surface area (Å²) < 4.78 is 0. The van der Waals surface area contributed by atoms with Crippen molar-refractivity contribution >= 4 is 0 Å². The molecule has 0 bridgehead atoms. The lowest BCUT2D eigenvalue weighted by Gasteiger charge is -2.24. The third kappa shape index (κ3) is 3.83. The van der Waals surface area contributed by atoms with E-state index in [2.05, 4.69) is 18.8 Å². The Bertz CT molecular complexity index is 214. The lowest BCUT2D eigenvalue weighted by molar-refractivity contribution is 0.143. The molecule has 0 aromatic rings. The molecule has 0 spiro atoms. The van der Waals surface area contributed by atoms with Crippen molar-refractivity contribution < 1.29 is 5.11 Å². The summed E-state index contributed by atoms with van der Waals surface area (Å²) in [6, 6.07) is 0. The average molecular weight is 180 g/mol. The standard InChI is InChI=1S/C12H20O/c1-10-6-4-5-7-11(10)8-9-12(2,3)13/h10-11,13H,4-7H2,1-3H3. The summed E-state index contributed by atoms with van der Waals surface area (Å²) >= 11 is 0. The van der Waals surface area contributed by atoms with Gasteiger partial charge in [0, 0.05) is 5.92 Å². The Balaban J connectivity index is 2.54. The van der Waals surface area contributed by atoms with Crippen LogP contribution in [0.2, 0.25) is 0 Å². The van der Waals surface area contributed by atoms with Crippen LogP contribution in [-0.4, -0.2) is 10.7 Å². The first-order valence-electron chi connectivity index (χ1n) is 5.24. The minimum Gasteiger partial charge on any atom is -0.378 e. The Morgan fingerprint density at radius 1 is 1.23 bits per heavy atom. The Labute approximate surface area is 81.5 Å². The van der Waals surface area contributed by atoms with Crippen LogP contribution in [0.15, 0.2) is 0 Å². The van der Waals surface area contributed by atoms with Gasteiger partial charge in [-0.05, 0) is 32.6 Å². The van der Waals surface area contributed by atoms with Gasteiger partial charge in [-0.3, -0.25) is 0 Å². The van der Waals surface area contributed by atoms with E-state index >= 15 is 0 Å². The number of aliphatic hydroxyl groups is 1. The molecule has 0 radical (unpaired) electrons. The van der Waals surface area contributed by atoms with Crippen LogP contribution in [-0.2, 0) is 0 Å². The predicted molar refractivity (Wildman–Crippen MR) is 55.2 cm³/mol. The first-order valence-corrected chi connectivity index (χ1v) is 5.24. The van der Waals surface area contributed by atoms with Crippen LogP contribution in [0.5, 0.6) is 0 Å². The Kier molecular flexibility index (Phi) is 3.39. The zero-order chi connectivity index (χ0) is 9.90. The molecular formula is C12H20O. The highest BCUT2D eigenvalue weighted by atomic mass is 16.3. The number of hydrogen-bond acceptors (Lipinski definition) is 1. The molecule has 0 aromatic heterocycles. The van der Waals surface area contributed by atoms with E-state index in [4.69, 9.17) is 0 Å². The maximum absolute atomic E-state index is 9.46. The highest BCUT2D eigenvalue weighted by molar-refractivity contribution is 5.13. The van der Waals surface area contributed by atoms with Crippen molar-refractivity contribution in [1.29, 1.82) is 0 Å². The van der Waals surface area contributed by atoms with E-state index in [0.29, 0.717) is 11.8 Å². The van der Waals surface area contributed by atoms with E-state index in [0.717, 1.165) is 0 Å². The van der Waals surface area contributed by atoms with Crippen LogP contribution in [0.25, 0.3) is 0 Å². The van der Waals surface area contributed by atoms with E-state index in [1.807, 2.05) is 0 Å². The van der Waals surface area contributed by atoms with Gasteiger partial charge < -0.3 is 5.11 Å². The van der Waals surface area contributed by atoms with Gasteiger partial charge in [0.05, 0.1) is 0 Å². The third-order valence-corrected chi connectivity index (χ3v) is 2.67. The Morgan fingerprint density at radius 3 is 2.38 bits per heavy atom. The first kappa shape index (κ1) is 10.6. The fourth-order valence-corrected chi connectivity index (χ4v) is 1.80. The van der Waals surface area contributed by atoms with Gasteiger partial charge in [-0.1, -0.05) is 31.6 Å². The summed E-state index contributed by atoms with van der Waals surface area (Å²) in [4.78, 5) is 0. The molecule has 0 amide bonds. The maximum Gasteiger partial charge on any atom is 0.119 e. The fourth-order valence-electron chi connectivity index (χ4n) is 1.80. The van der Waals surface area contributed by atoms with Gasteiger partial charge in [0.1, 0.15) is 5.60 Å².